The lowest BCUT2D eigenvalue weighted by atomic mass is 9.99. The lowest BCUT2D eigenvalue weighted by molar-refractivity contribution is -0.287. The number of aromatic amines is 1. The summed E-state index contributed by atoms with van der Waals surface area (Å²) >= 11 is 8.63. The average Bonchev–Trinajstić information content (AvgIpc) is 2.95. The number of ether oxygens (including phenoxy) is 2. The first kappa shape index (κ1) is 17.0. The number of H-pyrrole nitrogens is 1. The van der Waals surface area contributed by atoms with Gasteiger partial charge < -0.3 is 29.8 Å². The fraction of sp³-hybridized carbons (Fsp3) is 0.429. The zero-order valence-corrected chi connectivity index (χ0v) is 14.1. The minimum Gasteiger partial charge on any atom is -0.470 e. The molecule has 0 saturated carbocycles. The van der Waals surface area contributed by atoms with E-state index in [0.717, 1.165) is 10.9 Å². The fourth-order valence-corrected chi connectivity index (χ4v) is 3.46. The zero-order chi connectivity index (χ0) is 16.6. The SMILES string of the molecule is OC[C@@]1(Br)OC(O)[C@H](O)[C@@H](Oc2cc3ccccc3[nH]2)[C@H]1OCl. The maximum Gasteiger partial charge on any atom is 0.192 e. The third-order valence-electron chi connectivity index (χ3n) is 3.75. The number of para-hydroxylation sites is 1. The Balaban J connectivity index is 1.91. The van der Waals surface area contributed by atoms with E-state index in [1.54, 1.807) is 6.07 Å². The van der Waals surface area contributed by atoms with Crippen molar-refractivity contribution >= 4 is 38.7 Å². The summed E-state index contributed by atoms with van der Waals surface area (Å²) < 4.78 is 14.2. The maximum atomic E-state index is 10.1. The van der Waals surface area contributed by atoms with Gasteiger partial charge in [0.2, 0.25) is 0 Å². The van der Waals surface area contributed by atoms with Crippen molar-refractivity contribution in [2.45, 2.75) is 29.1 Å². The number of rotatable bonds is 4. The number of aliphatic hydroxyl groups is 3. The molecule has 1 aromatic heterocycles. The number of benzene rings is 1. The lowest BCUT2D eigenvalue weighted by Gasteiger charge is -2.45. The number of halogens is 2. The Morgan fingerprint density at radius 1 is 1.35 bits per heavy atom. The molecule has 0 radical (unpaired) electrons. The minimum atomic E-state index is -1.58. The highest BCUT2D eigenvalue weighted by Gasteiger charge is 2.55. The smallest absolute Gasteiger partial charge is 0.192 e. The Bertz CT molecular complexity index is 651. The van der Waals surface area contributed by atoms with Gasteiger partial charge in [0.1, 0.15) is 6.10 Å². The molecule has 2 aromatic rings. The van der Waals surface area contributed by atoms with Crippen molar-refractivity contribution < 1.29 is 29.1 Å². The summed E-state index contributed by atoms with van der Waals surface area (Å²) in [6.07, 6.45) is -5.18. The average molecular weight is 409 g/mol. The molecular formula is C14H15BrClNO6. The highest BCUT2D eigenvalue weighted by Crippen LogP contribution is 2.38. The van der Waals surface area contributed by atoms with E-state index in [9.17, 15) is 15.3 Å². The van der Waals surface area contributed by atoms with Gasteiger partial charge in [0.15, 0.2) is 28.9 Å². The van der Waals surface area contributed by atoms with Gasteiger partial charge in [0.25, 0.3) is 0 Å². The number of aliphatic hydroxyl groups excluding tert-OH is 3. The van der Waals surface area contributed by atoms with Crippen LogP contribution in [-0.2, 0) is 9.03 Å². The van der Waals surface area contributed by atoms with Crippen LogP contribution in [0.2, 0.25) is 0 Å². The van der Waals surface area contributed by atoms with Crippen LogP contribution in [-0.4, -0.2) is 56.0 Å². The summed E-state index contributed by atoms with van der Waals surface area (Å²) in [5, 5.41) is 30.4. The van der Waals surface area contributed by atoms with Crippen molar-refractivity contribution in [3.63, 3.8) is 0 Å². The third-order valence-corrected chi connectivity index (χ3v) is 4.83. The van der Waals surface area contributed by atoms with Crippen LogP contribution in [0.15, 0.2) is 30.3 Å². The summed E-state index contributed by atoms with van der Waals surface area (Å²) in [5.41, 5.74) is 0.847. The molecule has 3 rings (SSSR count). The molecule has 1 fully saturated rings. The minimum absolute atomic E-state index is 0.357. The molecule has 1 saturated heterocycles. The molecule has 9 heteroatoms. The molecule has 0 spiro atoms. The standard InChI is InChI=1S/C14H15BrClNO6/c15-14(6-18)12(23-16)11(10(19)13(20)22-14)21-9-5-7-3-1-2-4-8(7)17-9/h1-5,10-13,17-20H,6H2/t10-,11-,12-,13?,14-/m1/s1. The van der Waals surface area contributed by atoms with Crippen molar-refractivity contribution in [2.24, 2.45) is 0 Å². The monoisotopic (exact) mass is 407 g/mol. The van der Waals surface area contributed by atoms with Crippen LogP contribution in [0, 0.1) is 0 Å². The second-order valence-corrected chi connectivity index (χ2v) is 6.78. The van der Waals surface area contributed by atoms with Crippen molar-refractivity contribution in [3.8, 4) is 5.88 Å². The van der Waals surface area contributed by atoms with Crippen molar-refractivity contribution in [1.29, 1.82) is 0 Å². The van der Waals surface area contributed by atoms with Gasteiger partial charge in [-0.2, -0.15) is 0 Å². The summed E-state index contributed by atoms with van der Waals surface area (Å²) in [4.78, 5) is 3.04. The molecule has 2 heterocycles. The Labute approximate surface area is 145 Å². The molecule has 0 amide bonds. The number of fused-ring (bicyclic) bond motifs is 1. The first-order valence-corrected chi connectivity index (χ1v) is 7.94. The van der Waals surface area contributed by atoms with Gasteiger partial charge in [-0.15, -0.1) is 0 Å². The molecule has 23 heavy (non-hydrogen) atoms. The second-order valence-electron chi connectivity index (χ2n) is 5.26. The van der Waals surface area contributed by atoms with Gasteiger partial charge in [-0.25, -0.2) is 0 Å². The van der Waals surface area contributed by atoms with E-state index in [2.05, 4.69) is 20.9 Å². The summed E-state index contributed by atoms with van der Waals surface area (Å²) in [5.74, 6) is 0.357. The van der Waals surface area contributed by atoms with Crippen LogP contribution in [0.3, 0.4) is 0 Å². The molecule has 1 aromatic carbocycles. The number of hydrogen-bond acceptors (Lipinski definition) is 6. The van der Waals surface area contributed by atoms with E-state index in [1.165, 1.54) is 0 Å². The number of nitrogens with one attached hydrogen (secondary N) is 1. The zero-order valence-electron chi connectivity index (χ0n) is 11.7. The van der Waals surface area contributed by atoms with Gasteiger partial charge in [0, 0.05) is 17.0 Å². The van der Waals surface area contributed by atoms with Crippen LogP contribution < -0.4 is 4.74 Å². The first-order chi connectivity index (χ1) is 11.0. The number of aromatic nitrogens is 1. The number of hydrogen-bond donors (Lipinski definition) is 4. The Hall–Kier alpha value is -0.870. The van der Waals surface area contributed by atoms with Crippen LogP contribution in [0.5, 0.6) is 5.88 Å². The molecule has 0 bridgehead atoms. The topological polar surface area (TPSA) is 104 Å². The van der Waals surface area contributed by atoms with Crippen LogP contribution in [0.1, 0.15) is 0 Å². The maximum absolute atomic E-state index is 10.1. The van der Waals surface area contributed by atoms with E-state index in [1.807, 2.05) is 24.3 Å². The summed E-state index contributed by atoms with van der Waals surface area (Å²) in [6.45, 7) is -0.555. The lowest BCUT2D eigenvalue weighted by Crippen LogP contribution is -2.65. The molecule has 5 atom stereocenters. The molecule has 0 aliphatic carbocycles. The molecule has 1 unspecified atom stereocenters. The molecule has 1 aliphatic heterocycles. The van der Waals surface area contributed by atoms with Crippen molar-refractivity contribution in [2.75, 3.05) is 6.61 Å². The molecule has 126 valence electrons. The van der Waals surface area contributed by atoms with Gasteiger partial charge in [0.05, 0.1) is 18.5 Å². The second kappa shape index (κ2) is 6.56. The summed E-state index contributed by atoms with van der Waals surface area (Å²) in [7, 11) is 0. The highest BCUT2D eigenvalue weighted by molar-refractivity contribution is 9.10. The van der Waals surface area contributed by atoms with E-state index in [0.29, 0.717) is 5.88 Å². The van der Waals surface area contributed by atoms with Crippen molar-refractivity contribution in [1.82, 2.24) is 4.98 Å². The predicted molar refractivity (Wildman–Crippen MR) is 85.3 cm³/mol. The number of alkyl halides is 1. The van der Waals surface area contributed by atoms with Crippen LogP contribution >= 0.6 is 27.8 Å². The molecule has 1 aliphatic rings. The molecule has 7 nitrogen and oxygen atoms in total. The first-order valence-electron chi connectivity index (χ1n) is 6.84. The third kappa shape index (κ3) is 3.08. The van der Waals surface area contributed by atoms with E-state index in [4.69, 9.17) is 25.6 Å². The summed E-state index contributed by atoms with van der Waals surface area (Å²) in [6, 6.07) is 9.26. The quantitative estimate of drug-likeness (QED) is 0.568. The van der Waals surface area contributed by atoms with Gasteiger partial charge >= 0.3 is 0 Å². The fourth-order valence-electron chi connectivity index (χ4n) is 2.56. The Morgan fingerprint density at radius 3 is 2.74 bits per heavy atom. The van der Waals surface area contributed by atoms with Crippen LogP contribution in [0.25, 0.3) is 10.9 Å². The Morgan fingerprint density at radius 2 is 2.09 bits per heavy atom. The molecule has 4 N–H and O–H groups in total. The van der Waals surface area contributed by atoms with Gasteiger partial charge in [-0.3, -0.25) is 4.29 Å². The van der Waals surface area contributed by atoms with E-state index >= 15 is 0 Å². The Kier molecular flexibility index (Phi) is 4.84. The van der Waals surface area contributed by atoms with Gasteiger partial charge in [-0.05, 0) is 22.0 Å². The highest BCUT2D eigenvalue weighted by atomic mass is 79.9. The normalized spacial score (nSPS) is 34.7. The largest absolute Gasteiger partial charge is 0.470 e. The predicted octanol–water partition coefficient (Wildman–Crippen LogP) is 1.25. The van der Waals surface area contributed by atoms with Crippen LogP contribution in [0.4, 0.5) is 0 Å². The van der Waals surface area contributed by atoms with E-state index in [-0.39, 0.29) is 0 Å². The van der Waals surface area contributed by atoms with Crippen molar-refractivity contribution in [3.05, 3.63) is 30.3 Å². The molecular weight excluding hydrogens is 394 g/mol. The van der Waals surface area contributed by atoms with E-state index < -0.39 is 35.7 Å². The van der Waals surface area contributed by atoms with Gasteiger partial charge in [-0.1, -0.05) is 18.2 Å².